The van der Waals surface area contributed by atoms with Crippen molar-refractivity contribution in [1.29, 1.82) is 0 Å². The Balaban J connectivity index is 2.54. The van der Waals surface area contributed by atoms with Gasteiger partial charge in [-0.05, 0) is 6.92 Å². The lowest BCUT2D eigenvalue weighted by atomic mass is 9.82. The normalized spacial score (nSPS) is 26.5. The maximum atomic E-state index is 13.6. The van der Waals surface area contributed by atoms with Gasteiger partial charge >= 0.3 is 12.1 Å². The maximum Gasteiger partial charge on any atom is 0.415 e. The molecule has 1 heterocycles. The molecular formula is C13H8Cl2F3N3O4. The molecule has 2 unspecified atom stereocenters. The summed E-state index contributed by atoms with van der Waals surface area (Å²) in [6.07, 6.45) is -1.13. The molecule has 25 heavy (non-hydrogen) atoms. The Morgan fingerprint density at radius 1 is 1.40 bits per heavy atom. The first kappa shape index (κ1) is 19.1. The van der Waals surface area contributed by atoms with Gasteiger partial charge in [0.1, 0.15) is 0 Å². The summed E-state index contributed by atoms with van der Waals surface area (Å²) >= 11 is 11.5. The van der Waals surface area contributed by atoms with Gasteiger partial charge in [0.2, 0.25) is 4.87 Å². The Morgan fingerprint density at radius 2 is 2.04 bits per heavy atom. The van der Waals surface area contributed by atoms with E-state index < -0.39 is 44.0 Å². The molecule has 1 aromatic rings. The van der Waals surface area contributed by atoms with Gasteiger partial charge in [-0.15, -0.1) is 0 Å². The van der Waals surface area contributed by atoms with E-state index in [-0.39, 0.29) is 6.08 Å². The van der Waals surface area contributed by atoms with Crippen molar-refractivity contribution < 1.29 is 27.6 Å². The lowest BCUT2D eigenvalue weighted by Crippen LogP contribution is -2.60. The van der Waals surface area contributed by atoms with Crippen LogP contribution in [-0.4, -0.2) is 37.5 Å². The standard InChI is InChI=1S/C13H8Cl2F3N3O4/c1-11(25-10(22)8-6-19-2-3-20-8)9(14)4-7(21(23)24)5-12(11,15)13(16,17)18/h2-6H,1H3. The third-order valence-corrected chi connectivity index (χ3v) is 4.62. The highest BCUT2D eigenvalue weighted by Gasteiger charge is 2.69. The van der Waals surface area contributed by atoms with Crippen molar-refractivity contribution in [3.05, 3.63) is 57.3 Å². The molecule has 0 saturated heterocycles. The molecule has 134 valence electrons. The van der Waals surface area contributed by atoms with Crippen molar-refractivity contribution in [3.63, 3.8) is 0 Å². The van der Waals surface area contributed by atoms with E-state index in [1.807, 2.05) is 0 Å². The highest BCUT2D eigenvalue weighted by Crippen LogP contribution is 2.53. The third-order valence-electron chi connectivity index (χ3n) is 3.46. The van der Waals surface area contributed by atoms with Gasteiger partial charge < -0.3 is 4.74 Å². The van der Waals surface area contributed by atoms with E-state index in [1.54, 1.807) is 0 Å². The molecule has 0 saturated carbocycles. The van der Waals surface area contributed by atoms with Crippen molar-refractivity contribution in [2.45, 2.75) is 23.6 Å². The van der Waals surface area contributed by atoms with Crippen LogP contribution in [0.25, 0.3) is 0 Å². The average molecular weight is 398 g/mol. The van der Waals surface area contributed by atoms with Crippen LogP contribution >= 0.6 is 23.2 Å². The molecule has 0 fully saturated rings. The van der Waals surface area contributed by atoms with E-state index >= 15 is 0 Å². The third kappa shape index (κ3) is 3.19. The zero-order chi connectivity index (χ0) is 19.0. The molecule has 0 aromatic carbocycles. The molecule has 1 aliphatic rings. The quantitative estimate of drug-likeness (QED) is 0.336. The summed E-state index contributed by atoms with van der Waals surface area (Å²) in [5.41, 5.74) is -4.04. The second-order valence-corrected chi connectivity index (χ2v) is 6.04. The minimum atomic E-state index is -5.23. The average Bonchev–Trinajstić information content (AvgIpc) is 2.52. The largest absolute Gasteiger partial charge is 0.446 e. The number of nitro groups is 1. The molecule has 0 N–H and O–H groups in total. The molecule has 0 bridgehead atoms. The number of allylic oxidation sites excluding steroid dienone is 1. The predicted octanol–water partition coefficient (Wildman–Crippen LogP) is 3.23. The summed E-state index contributed by atoms with van der Waals surface area (Å²) < 4.78 is 45.6. The fraction of sp³-hybridized carbons (Fsp3) is 0.308. The number of rotatable bonds is 3. The van der Waals surface area contributed by atoms with Gasteiger partial charge in [-0.3, -0.25) is 15.1 Å². The van der Waals surface area contributed by atoms with E-state index in [0.717, 1.165) is 19.3 Å². The fourth-order valence-electron chi connectivity index (χ4n) is 2.05. The van der Waals surface area contributed by atoms with E-state index in [2.05, 4.69) is 9.97 Å². The highest BCUT2D eigenvalue weighted by atomic mass is 35.5. The van der Waals surface area contributed by atoms with Crippen molar-refractivity contribution in [2.24, 2.45) is 0 Å². The number of carbonyl (C=O) groups excluding carboxylic acids is 1. The topological polar surface area (TPSA) is 95.2 Å². The van der Waals surface area contributed by atoms with Crippen LogP contribution in [0.2, 0.25) is 0 Å². The van der Waals surface area contributed by atoms with E-state index in [0.29, 0.717) is 6.08 Å². The summed E-state index contributed by atoms with van der Waals surface area (Å²) in [5.74, 6) is -1.28. The summed E-state index contributed by atoms with van der Waals surface area (Å²) in [6.45, 7) is 0.799. The first-order valence-corrected chi connectivity index (χ1v) is 7.18. The molecule has 0 spiro atoms. The molecule has 0 amide bonds. The number of ether oxygens (including phenoxy) is 1. The second-order valence-electron chi connectivity index (χ2n) is 5.04. The Kier molecular flexibility index (Phi) is 4.79. The molecule has 0 aliphatic heterocycles. The van der Waals surface area contributed by atoms with Crippen molar-refractivity contribution in [3.8, 4) is 0 Å². The molecule has 2 rings (SSSR count). The Bertz CT molecular complexity index is 784. The Morgan fingerprint density at radius 3 is 2.52 bits per heavy atom. The minimum Gasteiger partial charge on any atom is -0.446 e. The number of nitrogens with zero attached hydrogens (tertiary/aromatic N) is 3. The van der Waals surface area contributed by atoms with Gasteiger partial charge in [0.15, 0.2) is 11.3 Å². The molecule has 2 atom stereocenters. The van der Waals surface area contributed by atoms with Crippen molar-refractivity contribution in [1.82, 2.24) is 9.97 Å². The summed E-state index contributed by atoms with van der Waals surface area (Å²) in [7, 11) is 0. The molecule has 7 nitrogen and oxygen atoms in total. The van der Waals surface area contributed by atoms with Crippen LogP contribution < -0.4 is 0 Å². The lowest BCUT2D eigenvalue weighted by Gasteiger charge is -2.43. The van der Waals surface area contributed by atoms with Crippen LogP contribution in [-0.2, 0) is 4.74 Å². The highest BCUT2D eigenvalue weighted by molar-refractivity contribution is 6.34. The zero-order valence-electron chi connectivity index (χ0n) is 12.3. The number of hydrogen-bond acceptors (Lipinski definition) is 6. The van der Waals surface area contributed by atoms with Gasteiger partial charge in [0, 0.05) is 24.5 Å². The van der Waals surface area contributed by atoms with Crippen LogP contribution in [0.15, 0.2) is 41.5 Å². The van der Waals surface area contributed by atoms with Crippen LogP contribution in [0.3, 0.4) is 0 Å². The molecule has 1 aliphatic carbocycles. The zero-order valence-corrected chi connectivity index (χ0v) is 13.8. The SMILES string of the molecule is CC1(OC(=O)c2cnccn2)C(Cl)=CC([N+](=O)[O-])=CC1(Cl)C(F)(F)F. The Labute approximate surface area is 148 Å². The van der Waals surface area contributed by atoms with E-state index in [1.165, 1.54) is 6.20 Å². The van der Waals surface area contributed by atoms with Gasteiger partial charge in [0.05, 0.1) is 16.2 Å². The lowest BCUT2D eigenvalue weighted by molar-refractivity contribution is -0.420. The summed E-state index contributed by atoms with van der Waals surface area (Å²) in [4.78, 5) is 25.6. The number of alkyl halides is 4. The smallest absolute Gasteiger partial charge is 0.415 e. The number of esters is 1. The van der Waals surface area contributed by atoms with E-state index in [9.17, 15) is 28.1 Å². The number of halogens is 5. The van der Waals surface area contributed by atoms with Crippen LogP contribution in [0.5, 0.6) is 0 Å². The first-order chi connectivity index (χ1) is 11.4. The molecule has 1 aromatic heterocycles. The molecular weight excluding hydrogens is 390 g/mol. The van der Waals surface area contributed by atoms with E-state index in [4.69, 9.17) is 27.9 Å². The van der Waals surface area contributed by atoms with Crippen LogP contribution in [0.1, 0.15) is 17.4 Å². The second kappa shape index (κ2) is 6.26. The maximum absolute atomic E-state index is 13.6. The van der Waals surface area contributed by atoms with Gasteiger partial charge in [0.25, 0.3) is 5.70 Å². The number of carbonyl (C=O) groups is 1. The molecule has 12 heteroatoms. The van der Waals surface area contributed by atoms with Crippen LogP contribution in [0.4, 0.5) is 13.2 Å². The van der Waals surface area contributed by atoms with Crippen molar-refractivity contribution >= 4 is 29.2 Å². The first-order valence-electron chi connectivity index (χ1n) is 6.42. The van der Waals surface area contributed by atoms with Crippen LogP contribution in [0, 0.1) is 10.1 Å². The number of hydrogen-bond donors (Lipinski definition) is 0. The Hall–Kier alpha value is -2.20. The fourth-order valence-corrected chi connectivity index (χ4v) is 2.65. The predicted molar refractivity (Wildman–Crippen MR) is 79.5 cm³/mol. The van der Waals surface area contributed by atoms with Gasteiger partial charge in [-0.25, -0.2) is 9.78 Å². The molecule has 0 radical (unpaired) electrons. The van der Waals surface area contributed by atoms with Crippen molar-refractivity contribution in [2.75, 3.05) is 0 Å². The van der Waals surface area contributed by atoms with Gasteiger partial charge in [-0.1, -0.05) is 23.2 Å². The van der Waals surface area contributed by atoms with Gasteiger partial charge in [-0.2, -0.15) is 13.2 Å². The summed E-state index contributed by atoms with van der Waals surface area (Å²) in [5, 5.41) is 10.1. The number of aromatic nitrogens is 2. The monoisotopic (exact) mass is 397 g/mol. The summed E-state index contributed by atoms with van der Waals surface area (Å²) in [6, 6.07) is 0. The minimum absolute atomic E-state index is 0.143.